The fourth-order valence-electron chi connectivity index (χ4n) is 1.30. The molecule has 0 saturated heterocycles. The van der Waals surface area contributed by atoms with Crippen LogP contribution < -0.4 is 0 Å². The van der Waals surface area contributed by atoms with E-state index in [0.717, 1.165) is 16.5 Å². The quantitative estimate of drug-likeness (QED) is 0.603. The molecule has 0 spiro atoms. The Morgan fingerprint density at radius 3 is 3.08 bits per heavy atom. The number of nitrogens with zero attached hydrogens (tertiary/aromatic N) is 2. The summed E-state index contributed by atoms with van der Waals surface area (Å²) in [5, 5.41) is 9.80. The molecule has 0 bridgehead atoms. The predicted molar refractivity (Wildman–Crippen MR) is 50.0 cm³/mol. The Labute approximate surface area is 76.5 Å². The highest BCUT2D eigenvalue weighted by atomic mass is 14.7. The minimum absolute atomic E-state index is 0.605. The van der Waals surface area contributed by atoms with Crippen LogP contribution in [0.3, 0.4) is 0 Å². The lowest BCUT2D eigenvalue weighted by atomic mass is 10.1. The Bertz CT molecular complexity index is 495. The van der Waals surface area contributed by atoms with Crippen LogP contribution in [0.15, 0.2) is 24.3 Å². The first-order valence-corrected chi connectivity index (χ1v) is 3.99. The smallest absolute Gasteiger partial charge is 0.101 e. The molecule has 2 aromatic rings. The molecule has 0 aliphatic heterocycles. The minimum atomic E-state index is 0.605. The molecule has 0 aliphatic carbocycles. The van der Waals surface area contributed by atoms with E-state index in [-0.39, 0.29) is 0 Å². The van der Waals surface area contributed by atoms with Gasteiger partial charge in [0.1, 0.15) is 6.07 Å². The van der Waals surface area contributed by atoms with Crippen LogP contribution in [-0.4, -0.2) is 4.98 Å². The zero-order valence-electron chi connectivity index (χ0n) is 7.20. The molecule has 0 atom stereocenters. The van der Waals surface area contributed by atoms with Crippen molar-refractivity contribution in [1.29, 1.82) is 5.26 Å². The largest absolute Gasteiger partial charge is 0.244 e. The van der Waals surface area contributed by atoms with Crippen molar-refractivity contribution in [3.8, 4) is 6.07 Å². The fourth-order valence-corrected chi connectivity index (χ4v) is 1.30. The van der Waals surface area contributed by atoms with Crippen LogP contribution in [0.4, 0.5) is 0 Å². The van der Waals surface area contributed by atoms with Crippen LogP contribution in [0.5, 0.6) is 0 Å². The summed E-state index contributed by atoms with van der Waals surface area (Å²) >= 11 is 0. The van der Waals surface area contributed by atoms with Crippen LogP contribution in [0.1, 0.15) is 11.1 Å². The Balaban J connectivity index is 2.87. The normalized spacial score (nSPS) is 9.85. The number of rotatable bonds is 0. The van der Waals surface area contributed by atoms with Gasteiger partial charge in [0.05, 0.1) is 17.3 Å². The van der Waals surface area contributed by atoms with E-state index in [2.05, 4.69) is 17.3 Å². The molecule has 61 valence electrons. The molecule has 1 heterocycles. The predicted octanol–water partition coefficient (Wildman–Crippen LogP) is 2.22. The third-order valence-electron chi connectivity index (χ3n) is 1.90. The Hall–Kier alpha value is -1.88. The van der Waals surface area contributed by atoms with E-state index in [9.17, 15) is 0 Å². The summed E-state index contributed by atoms with van der Waals surface area (Å²) in [7, 11) is 0. The number of fused-ring (bicyclic) bond motifs is 1. The average molecular weight is 167 g/mol. The lowest BCUT2D eigenvalue weighted by Gasteiger charge is -1.98. The van der Waals surface area contributed by atoms with Crippen molar-refractivity contribution in [3.63, 3.8) is 0 Å². The second-order valence-electron chi connectivity index (χ2n) is 2.91. The topological polar surface area (TPSA) is 36.7 Å². The highest BCUT2D eigenvalue weighted by Crippen LogP contribution is 2.15. The van der Waals surface area contributed by atoms with Gasteiger partial charge in [0.25, 0.3) is 0 Å². The molecule has 13 heavy (non-hydrogen) atoms. The standard InChI is InChI=1S/C11H7N2/c1-8-5-9-3-2-4-10(6-12)11(9)13-7-8/h2-5H,1H3. The van der Waals surface area contributed by atoms with Crippen LogP contribution in [0.25, 0.3) is 10.9 Å². The van der Waals surface area contributed by atoms with Crippen molar-refractivity contribution >= 4 is 10.9 Å². The van der Waals surface area contributed by atoms with Crippen molar-refractivity contribution in [2.24, 2.45) is 0 Å². The Kier molecular flexibility index (Phi) is 1.71. The molecule has 2 heteroatoms. The van der Waals surface area contributed by atoms with Crippen molar-refractivity contribution in [1.82, 2.24) is 4.98 Å². The molecule has 0 amide bonds. The van der Waals surface area contributed by atoms with Gasteiger partial charge < -0.3 is 0 Å². The molecule has 0 unspecified atom stereocenters. The van der Waals surface area contributed by atoms with Crippen LogP contribution in [0.2, 0.25) is 0 Å². The number of benzene rings is 1. The maximum atomic E-state index is 8.80. The van der Waals surface area contributed by atoms with Gasteiger partial charge in [0, 0.05) is 5.39 Å². The molecular formula is C11H7N2. The Morgan fingerprint density at radius 2 is 2.31 bits per heavy atom. The highest BCUT2D eigenvalue weighted by Gasteiger charge is 2.00. The molecule has 0 N–H and O–H groups in total. The summed E-state index contributed by atoms with van der Waals surface area (Å²) in [4.78, 5) is 4.10. The van der Waals surface area contributed by atoms with Crippen LogP contribution in [0, 0.1) is 24.5 Å². The molecule has 2 nitrogen and oxygen atoms in total. The summed E-state index contributed by atoms with van der Waals surface area (Å²) in [5.74, 6) is 0. The van der Waals surface area contributed by atoms with E-state index in [1.807, 2.05) is 25.1 Å². The first kappa shape index (κ1) is 7.75. The second kappa shape index (κ2) is 2.87. The molecule has 2 rings (SSSR count). The summed E-state index contributed by atoms with van der Waals surface area (Å²) < 4.78 is 0. The van der Waals surface area contributed by atoms with E-state index in [0.29, 0.717) is 5.56 Å². The fraction of sp³-hybridized carbons (Fsp3) is 0.0909. The van der Waals surface area contributed by atoms with E-state index < -0.39 is 0 Å². The SMILES string of the molecule is Cc1[c]nc2c(C#N)cccc2c1. The van der Waals surface area contributed by atoms with Crippen molar-refractivity contribution in [3.05, 3.63) is 41.6 Å². The van der Waals surface area contributed by atoms with Crippen molar-refractivity contribution in [2.75, 3.05) is 0 Å². The molecule has 0 saturated carbocycles. The number of para-hydroxylation sites is 1. The number of hydrogen-bond acceptors (Lipinski definition) is 2. The van der Waals surface area contributed by atoms with E-state index in [1.165, 1.54) is 0 Å². The van der Waals surface area contributed by atoms with Crippen molar-refractivity contribution < 1.29 is 0 Å². The van der Waals surface area contributed by atoms with E-state index in [4.69, 9.17) is 5.26 Å². The maximum Gasteiger partial charge on any atom is 0.101 e. The van der Waals surface area contributed by atoms with Gasteiger partial charge in [-0.05, 0) is 24.6 Å². The third kappa shape index (κ3) is 1.25. The molecule has 1 aromatic carbocycles. The summed E-state index contributed by atoms with van der Waals surface area (Å²) in [6, 6.07) is 9.66. The third-order valence-corrected chi connectivity index (χ3v) is 1.90. The van der Waals surface area contributed by atoms with Crippen molar-refractivity contribution in [2.45, 2.75) is 6.92 Å². The van der Waals surface area contributed by atoms with Crippen LogP contribution in [-0.2, 0) is 0 Å². The van der Waals surface area contributed by atoms with Gasteiger partial charge in [-0.25, -0.2) is 4.98 Å². The van der Waals surface area contributed by atoms with E-state index in [1.54, 1.807) is 6.07 Å². The zero-order chi connectivity index (χ0) is 9.26. The van der Waals surface area contributed by atoms with Crippen LogP contribution >= 0.6 is 0 Å². The summed E-state index contributed by atoms with van der Waals surface area (Å²) in [6.07, 6.45) is 2.85. The number of aromatic nitrogens is 1. The molecule has 1 aromatic heterocycles. The average Bonchev–Trinajstić information content (AvgIpc) is 2.16. The zero-order valence-corrected chi connectivity index (χ0v) is 7.20. The lowest BCUT2D eigenvalue weighted by Crippen LogP contribution is -1.85. The molecule has 1 radical (unpaired) electrons. The first-order valence-electron chi connectivity index (χ1n) is 3.99. The van der Waals surface area contributed by atoms with Gasteiger partial charge in [0.15, 0.2) is 0 Å². The van der Waals surface area contributed by atoms with Gasteiger partial charge in [-0.3, -0.25) is 0 Å². The minimum Gasteiger partial charge on any atom is -0.244 e. The molecular weight excluding hydrogens is 160 g/mol. The summed E-state index contributed by atoms with van der Waals surface area (Å²) in [6.45, 7) is 1.94. The monoisotopic (exact) mass is 167 g/mol. The van der Waals surface area contributed by atoms with Gasteiger partial charge in [-0.2, -0.15) is 5.26 Å². The van der Waals surface area contributed by atoms with Gasteiger partial charge in [-0.15, -0.1) is 0 Å². The maximum absolute atomic E-state index is 8.80. The number of nitriles is 1. The van der Waals surface area contributed by atoms with Gasteiger partial charge in [0.2, 0.25) is 0 Å². The lowest BCUT2D eigenvalue weighted by molar-refractivity contribution is 1.31. The first-order chi connectivity index (χ1) is 6.31. The number of hydrogen-bond donors (Lipinski definition) is 0. The molecule has 0 aliphatic rings. The number of pyridine rings is 1. The highest BCUT2D eigenvalue weighted by molar-refractivity contribution is 5.84. The van der Waals surface area contributed by atoms with Gasteiger partial charge in [-0.1, -0.05) is 12.1 Å². The second-order valence-corrected chi connectivity index (χ2v) is 2.91. The van der Waals surface area contributed by atoms with Gasteiger partial charge >= 0.3 is 0 Å². The number of aryl methyl sites for hydroxylation is 1. The summed E-state index contributed by atoms with van der Waals surface area (Å²) in [5.41, 5.74) is 2.33. The molecule has 0 fully saturated rings. The Morgan fingerprint density at radius 1 is 1.46 bits per heavy atom. The van der Waals surface area contributed by atoms with E-state index >= 15 is 0 Å².